The molecule has 0 aliphatic heterocycles. The SMILES string of the molecule is COc1ccc(C2C(N)C2(C)C)cc1C(F)(F)F. The first kappa shape index (κ1) is 13.2. The van der Waals surface area contributed by atoms with E-state index >= 15 is 0 Å². The van der Waals surface area contributed by atoms with Crippen molar-refractivity contribution in [3.8, 4) is 5.75 Å². The summed E-state index contributed by atoms with van der Waals surface area (Å²) in [5.41, 5.74) is 5.64. The van der Waals surface area contributed by atoms with Gasteiger partial charge >= 0.3 is 6.18 Å². The summed E-state index contributed by atoms with van der Waals surface area (Å²) in [7, 11) is 1.23. The maximum Gasteiger partial charge on any atom is 0.419 e. The lowest BCUT2D eigenvalue weighted by Gasteiger charge is -2.14. The second-order valence-corrected chi connectivity index (χ2v) is 5.28. The van der Waals surface area contributed by atoms with E-state index in [1.54, 1.807) is 6.07 Å². The van der Waals surface area contributed by atoms with Crippen molar-refractivity contribution in [3.05, 3.63) is 29.3 Å². The lowest BCUT2D eigenvalue weighted by Crippen LogP contribution is -2.09. The minimum atomic E-state index is -4.41. The molecule has 1 fully saturated rings. The third-order valence-electron chi connectivity index (χ3n) is 3.80. The largest absolute Gasteiger partial charge is 0.496 e. The van der Waals surface area contributed by atoms with Crippen LogP contribution in [0.4, 0.5) is 13.2 Å². The van der Waals surface area contributed by atoms with E-state index in [0.717, 1.165) is 6.07 Å². The number of benzene rings is 1. The number of ether oxygens (including phenoxy) is 1. The zero-order valence-electron chi connectivity index (χ0n) is 10.5. The maximum absolute atomic E-state index is 12.9. The minimum absolute atomic E-state index is 0.0236. The van der Waals surface area contributed by atoms with Crippen LogP contribution in [0.25, 0.3) is 0 Å². The summed E-state index contributed by atoms with van der Waals surface area (Å²) in [5, 5.41) is 0. The lowest BCUT2D eigenvalue weighted by molar-refractivity contribution is -0.138. The molecular formula is C13H16F3NO. The molecule has 2 N–H and O–H groups in total. The van der Waals surface area contributed by atoms with Crippen molar-refractivity contribution in [2.75, 3.05) is 7.11 Å². The zero-order chi connectivity index (χ0) is 13.7. The van der Waals surface area contributed by atoms with Gasteiger partial charge in [0.1, 0.15) is 5.75 Å². The van der Waals surface area contributed by atoms with Crippen LogP contribution in [-0.4, -0.2) is 13.2 Å². The Morgan fingerprint density at radius 3 is 2.22 bits per heavy atom. The first-order valence-corrected chi connectivity index (χ1v) is 5.70. The predicted octanol–water partition coefficient (Wildman–Crippen LogP) is 3.16. The molecule has 2 rings (SSSR count). The van der Waals surface area contributed by atoms with Crippen LogP contribution in [0, 0.1) is 5.41 Å². The molecule has 100 valence electrons. The van der Waals surface area contributed by atoms with E-state index in [4.69, 9.17) is 10.5 Å². The molecule has 2 atom stereocenters. The lowest BCUT2D eigenvalue weighted by atomic mass is 10.0. The molecule has 1 aromatic rings. The van der Waals surface area contributed by atoms with Gasteiger partial charge in [-0.3, -0.25) is 0 Å². The summed E-state index contributed by atoms with van der Waals surface area (Å²) >= 11 is 0. The molecular weight excluding hydrogens is 243 g/mol. The molecule has 0 aromatic heterocycles. The van der Waals surface area contributed by atoms with Crippen LogP contribution >= 0.6 is 0 Å². The van der Waals surface area contributed by atoms with Crippen LogP contribution in [0.1, 0.15) is 30.9 Å². The van der Waals surface area contributed by atoms with Crippen molar-refractivity contribution in [1.82, 2.24) is 0 Å². The molecule has 18 heavy (non-hydrogen) atoms. The van der Waals surface area contributed by atoms with E-state index in [1.165, 1.54) is 13.2 Å². The van der Waals surface area contributed by atoms with E-state index in [1.807, 2.05) is 13.8 Å². The molecule has 0 spiro atoms. The van der Waals surface area contributed by atoms with Crippen molar-refractivity contribution >= 4 is 0 Å². The van der Waals surface area contributed by atoms with Crippen LogP contribution in [0.3, 0.4) is 0 Å². The molecule has 1 saturated carbocycles. The Kier molecular flexibility index (Phi) is 2.85. The quantitative estimate of drug-likeness (QED) is 0.885. The zero-order valence-corrected chi connectivity index (χ0v) is 10.5. The van der Waals surface area contributed by atoms with Crippen LogP contribution < -0.4 is 10.5 Å². The Morgan fingerprint density at radius 1 is 1.28 bits per heavy atom. The normalized spacial score (nSPS) is 25.9. The van der Waals surface area contributed by atoms with E-state index in [2.05, 4.69) is 0 Å². The van der Waals surface area contributed by atoms with Gasteiger partial charge in [0.25, 0.3) is 0 Å². The molecule has 0 amide bonds. The van der Waals surface area contributed by atoms with E-state index in [-0.39, 0.29) is 23.1 Å². The molecule has 1 aromatic carbocycles. The molecule has 0 saturated heterocycles. The summed E-state index contributed by atoms with van der Waals surface area (Å²) in [4.78, 5) is 0. The van der Waals surface area contributed by atoms with Gasteiger partial charge < -0.3 is 10.5 Å². The Balaban J connectivity index is 2.42. The van der Waals surface area contributed by atoms with Crippen LogP contribution in [-0.2, 0) is 6.18 Å². The fraction of sp³-hybridized carbons (Fsp3) is 0.538. The number of alkyl halides is 3. The van der Waals surface area contributed by atoms with Gasteiger partial charge in [-0.25, -0.2) is 0 Å². The minimum Gasteiger partial charge on any atom is -0.496 e. The molecule has 2 nitrogen and oxygen atoms in total. The molecule has 0 radical (unpaired) electrons. The summed E-state index contributed by atoms with van der Waals surface area (Å²) in [6, 6.07) is 4.08. The predicted molar refractivity (Wildman–Crippen MR) is 62.5 cm³/mol. The van der Waals surface area contributed by atoms with Crippen molar-refractivity contribution in [1.29, 1.82) is 0 Å². The number of rotatable bonds is 2. The van der Waals surface area contributed by atoms with Crippen LogP contribution in [0.5, 0.6) is 5.75 Å². The smallest absolute Gasteiger partial charge is 0.419 e. The topological polar surface area (TPSA) is 35.2 Å². The van der Waals surface area contributed by atoms with Gasteiger partial charge in [-0.15, -0.1) is 0 Å². The van der Waals surface area contributed by atoms with E-state index in [0.29, 0.717) is 5.56 Å². The third kappa shape index (κ3) is 1.96. The Hall–Kier alpha value is -1.23. The Morgan fingerprint density at radius 2 is 1.83 bits per heavy atom. The van der Waals surface area contributed by atoms with E-state index < -0.39 is 11.7 Å². The van der Waals surface area contributed by atoms with Crippen LogP contribution in [0.15, 0.2) is 18.2 Å². The third-order valence-corrected chi connectivity index (χ3v) is 3.80. The Bertz CT molecular complexity index is 468. The van der Waals surface area contributed by atoms with Gasteiger partial charge in [-0.2, -0.15) is 13.2 Å². The first-order chi connectivity index (χ1) is 8.19. The van der Waals surface area contributed by atoms with Gasteiger partial charge in [0.15, 0.2) is 0 Å². The van der Waals surface area contributed by atoms with Gasteiger partial charge in [0, 0.05) is 12.0 Å². The number of hydrogen-bond acceptors (Lipinski definition) is 2. The summed E-state index contributed by atoms with van der Waals surface area (Å²) in [6.45, 7) is 3.92. The second kappa shape index (κ2) is 3.88. The molecule has 0 heterocycles. The van der Waals surface area contributed by atoms with Gasteiger partial charge in [0.2, 0.25) is 0 Å². The highest BCUT2D eigenvalue weighted by molar-refractivity contribution is 5.44. The van der Waals surface area contributed by atoms with Crippen LogP contribution in [0.2, 0.25) is 0 Å². The first-order valence-electron chi connectivity index (χ1n) is 5.70. The highest BCUT2D eigenvalue weighted by Gasteiger charge is 2.56. The summed E-state index contributed by atoms with van der Waals surface area (Å²) < 4.78 is 43.4. The molecule has 5 heteroatoms. The fourth-order valence-corrected chi connectivity index (χ4v) is 2.46. The number of methoxy groups -OCH3 is 1. The molecule has 2 unspecified atom stereocenters. The maximum atomic E-state index is 12.9. The second-order valence-electron chi connectivity index (χ2n) is 5.28. The standard InChI is InChI=1S/C13H16F3NO/c1-12(2)10(11(12)17)7-4-5-9(18-3)8(6-7)13(14,15)16/h4-6,10-11H,17H2,1-3H3. The molecule has 1 aliphatic carbocycles. The molecule has 0 bridgehead atoms. The average molecular weight is 259 g/mol. The monoisotopic (exact) mass is 259 g/mol. The van der Waals surface area contributed by atoms with Crippen molar-refractivity contribution in [2.45, 2.75) is 32.0 Å². The highest BCUT2D eigenvalue weighted by Crippen LogP contribution is 2.58. The Labute approximate surface area is 104 Å². The summed E-state index contributed by atoms with van der Waals surface area (Å²) in [5.74, 6) is -0.178. The van der Waals surface area contributed by atoms with Crippen molar-refractivity contribution in [2.24, 2.45) is 11.1 Å². The summed E-state index contributed by atoms with van der Waals surface area (Å²) in [6.07, 6.45) is -4.41. The van der Waals surface area contributed by atoms with Crippen molar-refractivity contribution in [3.63, 3.8) is 0 Å². The highest BCUT2D eigenvalue weighted by atomic mass is 19.4. The number of hydrogen-bond donors (Lipinski definition) is 1. The number of nitrogens with two attached hydrogens (primary N) is 1. The van der Waals surface area contributed by atoms with Gasteiger partial charge in [-0.1, -0.05) is 19.9 Å². The average Bonchev–Trinajstić information content (AvgIpc) is 2.76. The van der Waals surface area contributed by atoms with Gasteiger partial charge in [0.05, 0.1) is 12.7 Å². The fourth-order valence-electron chi connectivity index (χ4n) is 2.46. The number of halogens is 3. The molecule has 1 aliphatic rings. The van der Waals surface area contributed by atoms with Gasteiger partial charge in [-0.05, 0) is 23.1 Å². The van der Waals surface area contributed by atoms with Crippen molar-refractivity contribution < 1.29 is 17.9 Å². The van der Waals surface area contributed by atoms with E-state index in [9.17, 15) is 13.2 Å².